The lowest BCUT2D eigenvalue weighted by Gasteiger charge is -2.14. The van der Waals surface area contributed by atoms with Gasteiger partial charge < -0.3 is 14.2 Å². The number of methoxy groups -OCH3 is 2. The van der Waals surface area contributed by atoms with E-state index in [9.17, 15) is 14.4 Å². The Kier molecular flexibility index (Phi) is 8.69. The second-order valence-electron chi connectivity index (χ2n) is 5.50. The van der Waals surface area contributed by atoms with Crippen LogP contribution in [-0.2, 0) is 9.59 Å². The SMILES string of the molecule is C/C=C/C(=O)SCC(=O)Oc1cc(OC)cc(OC)c1C(=O)/C=C/c1cccs1. The summed E-state index contributed by atoms with van der Waals surface area (Å²) in [4.78, 5) is 37.5. The highest BCUT2D eigenvalue weighted by atomic mass is 32.2. The predicted octanol–water partition coefficient (Wildman–Crippen LogP) is 4.40. The van der Waals surface area contributed by atoms with E-state index in [1.54, 1.807) is 19.1 Å². The van der Waals surface area contributed by atoms with Crippen LogP contribution in [0.2, 0.25) is 0 Å². The van der Waals surface area contributed by atoms with Crippen molar-refractivity contribution in [1.29, 1.82) is 0 Å². The third-order valence-electron chi connectivity index (χ3n) is 3.54. The summed E-state index contributed by atoms with van der Waals surface area (Å²) in [6, 6.07) is 6.72. The maximum absolute atomic E-state index is 12.8. The normalized spacial score (nSPS) is 11.0. The molecule has 0 aliphatic carbocycles. The van der Waals surface area contributed by atoms with Gasteiger partial charge in [-0.05, 0) is 36.6 Å². The smallest absolute Gasteiger partial charge is 0.321 e. The first-order chi connectivity index (χ1) is 14.0. The first kappa shape index (κ1) is 22.4. The van der Waals surface area contributed by atoms with Gasteiger partial charge in [-0.2, -0.15) is 0 Å². The van der Waals surface area contributed by atoms with Crippen molar-refractivity contribution in [3.8, 4) is 17.2 Å². The summed E-state index contributed by atoms with van der Waals surface area (Å²) in [5.41, 5.74) is 0.0965. The number of carbonyl (C=O) groups excluding carboxylic acids is 3. The van der Waals surface area contributed by atoms with E-state index in [0.717, 1.165) is 16.6 Å². The number of allylic oxidation sites excluding steroid dienone is 2. The molecule has 1 heterocycles. The molecule has 2 aromatic rings. The Morgan fingerprint density at radius 3 is 2.48 bits per heavy atom. The third kappa shape index (κ3) is 6.62. The van der Waals surface area contributed by atoms with Crippen molar-refractivity contribution in [2.45, 2.75) is 6.92 Å². The number of hydrogen-bond donors (Lipinski definition) is 0. The van der Waals surface area contributed by atoms with Gasteiger partial charge >= 0.3 is 5.97 Å². The molecule has 0 N–H and O–H groups in total. The molecule has 0 fully saturated rings. The minimum absolute atomic E-state index is 0.00566. The van der Waals surface area contributed by atoms with E-state index in [4.69, 9.17) is 14.2 Å². The molecule has 0 aliphatic rings. The molecule has 29 heavy (non-hydrogen) atoms. The monoisotopic (exact) mass is 432 g/mol. The Balaban J connectivity index is 2.29. The lowest BCUT2D eigenvalue weighted by molar-refractivity contribution is -0.131. The zero-order valence-corrected chi connectivity index (χ0v) is 17.8. The number of benzene rings is 1. The summed E-state index contributed by atoms with van der Waals surface area (Å²) in [5.74, 6) is -0.669. The Labute approximate surface area is 177 Å². The predicted molar refractivity (Wildman–Crippen MR) is 115 cm³/mol. The van der Waals surface area contributed by atoms with Crippen molar-refractivity contribution < 1.29 is 28.6 Å². The summed E-state index contributed by atoms with van der Waals surface area (Å²) in [6.07, 6.45) is 6.01. The molecule has 0 unspecified atom stereocenters. The molecule has 0 saturated heterocycles. The van der Waals surface area contributed by atoms with Crippen LogP contribution in [-0.4, -0.2) is 36.8 Å². The van der Waals surface area contributed by atoms with E-state index in [0.29, 0.717) is 5.75 Å². The quantitative estimate of drug-likeness (QED) is 0.251. The molecular weight excluding hydrogens is 412 g/mol. The Bertz CT molecular complexity index is 929. The molecule has 0 saturated carbocycles. The lowest BCUT2D eigenvalue weighted by Crippen LogP contribution is -2.14. The van der Waals surface area contributed by atoms with Gasteiger partial charge in [-0.1, -0.05) is 23.9 Å². The molecule has 0 aliphatic heterocycles. The van der Waals surface area contributed by atoms with E-state index in [1.807, 2.05) is 17.5 Å². The zero-order chi connectivity index (χ0) is 21.2. The minimum Gasteiger partial charge on any atom is -0.496 e. The molecule has 8 heteroatoms. The number of thiophene rings is 1. The molecule has 0 spiro atoms. The number of hydrogen-bond acceptors (Lipinski definition) is 8. The van der Waals surface area contributed by atoms with Crippen LogP contribution in [0.5, 0.6) is 17.2 Å². The average molecular weight is 433 g/mol. The number of ether oxygens (including phenoxy) is 3. The molecule has 2 rings (SSSR count). The molecule has 1 aromatic carbocycles. The van der Waals surface area contributed by atoms with Crippen LogP contribution in [0.1, 0.15) is 22.2 Å². The van der Waals surface area contributed by atoms with E-state index in [-0.39, 0.29) is 27.9 Å². The molecule has 1 aromatic heterocycles. The highest BCUT2D eigenvalue weighted by molar-refractivity contribution is 8.14. The van der Waals surface area contributed by atoms with Crippen LogP contribution in [0.25, 0.3) is 6.08 Å². The van der Waals surface area contributed by atoms with Gasteiger partial charge in [-0.15, -0.1) is 11.3 Å². The van der Waals surface area contributed by atoms with E-state index in [2.05, 4.69) is 0 Å². The maximum Gasteiger partial charge on any atom is 0.321 e. The van der Waals surface area contributed by atoms with Crippen LogP contribution >= 0.6 is 23.1 Å². The molecule has 0 bridgehead atoms. The van der Waals surface area contributed by atoms with Crippen molar-refractivity contribution in [1.82, 2.24) is 0 Å². The van der Waals surface area contributed by atoms with Gasteiger partial charge in [-0.3, -0.25) is 14.4 Å². The van der Waals surface area contributed by atoms with Crippen LogP contribution in [0, 0.1) is 0 Å². The van der Waals surface area contributed by atoms with Crippen molar-refractivity contribution in [3.63, 3.8) is 0 Å². The van der Waals surface area contributed by atoms with Crippen molar-refractivity contribution in [3.05, 3.63) is 58.3 Å². The third-order valence-corrected chi connectivity index (χ3v) is 5.18. The van der Waals surface area contributed by atoms with Gasteiger partial charge in [-0.25, -0.2) is 0 Å². The largest absolute Gasteiger partial charge is 0.496 e. The van der Waals surface area contributed by atoms with Crippen LogP contribution < -0.4 is 14.2 Å². The minimum atomic E-state index is -0.667. The highest BCUT2D eigenvalue weighted by Gasteiger charge is 2.21. The number of ketones is 1. The maximum atomic E-state index is 12.8. The fourth-order valence-electron chi connectivity index (χ4n) is 2.26. The van der Waals surface area contributed by atoms with E-state index < -0.39 is 11.8 Å². The van der Waals surface area contributed by atoms with Gasteiger partial charge in [0.05, 0.1) is 20.0 Å². The van der Waals surface area contributed by atoms with Crippen LogP contribution in [0.3, 0.4) is 0 Å². The van der Waals surface area contributed by atoms with Crippen LogP contribution in [0.15, 0.2) is 47.9 Å². The summed E-state index contributed by atoms with van der Waals surface area (Å²) in [7, 11) is 2.86. The average Bonchev–Trinajstić information content (AvgIpc) is 3.23. The lowest BCUT2D eigenvalue weighted by atomic mass is 10.1. The Hall–Kier alpha value is -2.84. The number of carbonyl (C=O) groups is 3. The molecule has 152 valence electrons. The summed E-state index contributed by atoms with van der Waals surface area (Å²) in [6.45, 7) is 1.71. The fraction of sp³-hybridized carbons (Fsp3) is 0.190. The summed E-state index contributed by atoms with van der Waals surface area (Å²) >= 11 is 2.30. The molecule has 0 radical (unpaired) electrons. The van der Waals surface area contributed by atoms with Gasteiger partial charge in [0.1, 0.15) is 22.8 Å². The molecule has 6 nitrogen and oxygen atoms in total. The second-order valence-corrected chi connectivity index (χ2v) is 7.46. The van der Waals surface area contributed by atoms with Crippen molar-refractivity contribution >= 4 is 46.0 Å². The van der Waals surface area contributed by atoms with Crippen LogP contribution in [0.4, 0.5) is 0 Å². The van der Waals surface area contributed by atoms with E-state index in [1.165, 1.54) is 49.8 Å². The Morgan fingerprint density at radius 1 is 1.10 bits per heavy atom. The number of rotatable bonds is 9. The highest BCUT2D eigenvalue weighted by Crippen LogP contribution is 2.35. The van der Waals surface area contributed by atoms with Gasteiger partial charge in [0.15, 0.2) is 5.78 Å². The molecule has 0 amide bonds. The van der Waals surface area contributed by atoms with Gasteiger partial charge in [0.2, 0.25) is 5.12 Å². The van der Waals surface area contributed by atoms with E-state index >= 15 is 0 Å². The van der Waals surface area contributed by atoms with Crippen molar-refractivity contribution in [2.24, 2.45) is 0 Å². The molecule has 0 atom stereocenters. The first-order valence-corrected chi connectivity index (χ1v) is 10.4. The zero-order valence-electron chi connectivity index (χ0n) is 16.2. The first-order valence-electron chi connectivity index (χ1n) is 8.50. The Morgan fingerprint density at radius 2 is 1.86 bits per heavy atom. The summed E-state index contributed by atoms with van der Waals surface area (Å²) in [5, 5.41) is 1.64. The number of thioether (sulfide) groups is 1. The molecular formula is C21H20O6S2. The van der Waals surface area contributed by atoms with Gasteiger partial charge in [0.25, 0.3) is 0 Å². The van der Waals surface area contributed by atoms with Gasteiger partial charge in [0, 0.05) is 17.0 Å². The number of esters is 1. The topological polar surface area (TPSA) is 78.9 Å². The van der Waals surface area contributed by atoms with Crippen molar-refractivity contribution in [2.75, 3.05) is 20.0 Å². The summed E-state index contributed by atoms with van der Waals surface area (Å²) < 4.78 is 15.9. The standard InChI is InChI=1S/C21H20O6S2/c1-4-6-20(24)29-13-19(23)27-18-12-14(25-2)11-17(26-3)21(18)16(22)9-8-15-7-5-10-28-15/h4-12H,13H2,1-3H3/b6-4+,9-8+. The fourth-order valence-corrected chi connectivity index (χ4v) is 3.43. The second kappa shape index (κ2) is 11.2.